The zero-order valence-corrected chi connectivity index (χ0v) is 16.9. The molecule has 1 aliphatic heterocycles. The summed E-state index contributed by atoms with van der Waals surface area (Å²) in [6.07, 6.45) is 1.87. The van der Waals surface area contributed by atoms with Crippen molar-refractivity contribution < 1.29 is 9.18 Å². The van der Waals surface area contributed by atoms with Gasteiger partial charge in [0.2, 0.25) is 5.91 Å². The summed E-state index contributed by atoms with van der Waals surface area (Å²) in [6, 6.07) is 9.95. The second kappa shape index (κ2) is 8.36. The number of rotatable bonds is 6. The van der Waals surface area contributed by atoms with Gasteiger partial charge in [0.25, 0.3) is 0 Å². The Morgan fingerprint density at radius 1 is 1.31 bits per heavy atom. The number of nitrogens with two attached hydrogens (primary N) is 1. The van der Waals surface area contributed by atoms with E-state index in [4.69, 9.17) is 5.73 Å². The Kier molecular flexibility index (Phi) is 5.65. The number of hydrogen-bond acceptors (Lipinski definition) is 6. The summed E-state index contributed by atoms with van der Waals surface area (Å²) in [6.45, 7) is 0.460. The lowest BCUT2D eigenvalue weighted by atomic mass is 10.1. The van der Waals surface area contributed by atoms with Gasteiger partial charge in [0, 0.05) is 21.2 Å². The third-order valence-corrected chi connectivity index (χ3v) is 6.63. The summed E-state index contributed by atoms with van der Waals surface area (Å²) < 4.78 is 15.4. The standard InChI is InChI=1S/C19H18FN5O2S2/c20-6-12(7-21)8-25-19(27)24(11-22-25)9-14-2-4-16(29-14)13-1-3-15-17(5-13)28-10-18(26)23-15/h1-6,11H,7-10,21H2,(H,23,26)/b12-6+. The van der Waals surface area contributed by atoms with Gasteiger partial charge in [-0.2, -0.15) is 5.10 Å². The van der Waals surface area contributed by atoms with Gasteiger partial charge in [-0.05, 0) is 35.4 Å². The van der Waals surface area contributed by atoms with E-state index in [-0.39, 0.29) is 24.7 Å². The van der Waals surface area contributed by atoms with E-state index >= 15 is 0 Å². The fourth-order valence-electron chi connectivity index (χ4n) is 2.94. The van der Waals surface area contributed by atoms with Crippen molar-refractivity contribution in [2.45, 2.75) is 18.0 Å². The maximum absolute atomic E-state index is 12.7. The first-order valence-corrected chi connectivity index (χ1v) is 10.6. The number of benzene rings is 1. The second-order valence-corrected chi connectivity index (χ2v) is 8.67. The number of nitrogens with zero attached hydrogens (tertiary/aromatic N) is 3. The first-order chi connectivity index (χ1) is 14.1. The van der Waals surface area contributed by atoms with Gasteiger partial charge in [-0.1, -0.05) is 6.07 Å². The lowest BCUT2D eigenvalue weighted by molar-refractivity contribution is -0.113. The second-order valence-electron chi connectivity index (χ2n) is 6.48. The largest absolute Gasteiger partial charge is 0.346 e. The van der Waals surface area contributed by atoms with Crippen LogP contribution in [0.4, 0.5) is 10.1 Å². The van der Waals surface area contributed by atoms with E-state index in [1.54, 1.807) is 11.3 Å². The molecule has 7 nitrogen and oxygen atoms in total. The summed E-state index contributed by atoms with van der Waals surface area (Å²) in [5.74, 6) is 0.433. The van der Waals surface area contributed by atoms with Gasteiger partial charge in [-0.25, -0.2) is 13.9 Å². The molecule has 0 spiro atoms. The number of hydrogen-bond donors (Lipinski definition) is 2. The van der Waals surface area contributed by atoms with E-state index in [9.17, 15) is 14.0 Å². The van der Waals surface area contributed by atoms with Crippen LogP contribution < -0.4 is 16.7 Å². The summed E-state index contributed by atoms with van der Waals surface area (Å²) in [5, 5.41) is 6.91. The van der Waals surface area contributed by atoms with Crippen LogP contribution in [0.25, 0.3) is 10.4 Å². The van der Waals surface area contributed by atoms with Crippen molar-refractivity contribution in [2.75, 3.05) is 17.6 Å². The van der Waals surface area contributed by atoms with Crippen LogP contribution in [-0.4, -0.2) is 32.6 Å². The minimum Gasteiger partial charge on any atom is -0.327 e. The van der Waals surface area contributed by atoms with Crippen LogP contribution in [0.3, 0.4) is 0 Å². The molecule has 150 valence electrons. The van der Waals surface area contributed by atoms with Crippen LogP contribution in [0.5, 0.6) is 0 Å². The van der Waals surface area contributed by atoms with Crippen LogP contribution in [0, 0.1) is 0 Å². The van der Waals surface area contributed by atoms with Crippen molar-refractivity contribution in [3.8, 4) is 10.4 Å². The quantitative estimate of drug-likeness (QED) is 0.626. The molecule has 3 N–H and O–H groups in total. The predicted molar refractivity (Wildman–Crippen MR) is 113 cm³/mol. The molecule has 0 fully saturated rings. The zero-order valence-electron chi connectivity index (χ0n) is 15.3. The first kappa shape index (κ1) is 19.6. The zero-order chi connectivity index (χ0) is 20.4. The van der Waals surface area contributed by atoms with Gasteiger partial charge in [-0.3, -0.25) is 9.36 Å². The average molecular weight is 432 g/mol. The van der Waals surface area contributed by atoms with Crippen molar-refractivity contribution in [1.29, 1.82) is 0 Å². The van der Waals surface area contributed by atoms with E-state index < -0.39 is 0 Å². The third-order valence-electron chi connectivity index (χ3n) is 4.45. The lowest BCUT2D eigenvalue weighted by Crippen LogP contribution is -2.26. The highest BCUT2D eigenvalue weighted by atomic mass is 32.2. The Balaban J connectivity index is 1.51. The summed E-state index contributed by atoms with van der Waals surface area (Å²) in [7, 11) is 0. The van der Waals surface area contributed by atoms with Gasteiger partial charge in [0.05, 0.1) is 30.9 Å². The molecule has 3 heterocycles. The van der Waals surface area contributed by atoms with Crippen molar-refractivity contribution >= 4 is 34.7 Å². The first-order valence-electron chi connectivity index (χ1n) is 8.83. The highest BCUT2D eigenvalue weighted by molar-refractivity contribution is 8.00. The fraction of sp³-hybridized carbons (Fsp3) is 0.211. The molecule has 0 aliphatic carbocycles. The van der Waals surface area contributed by atoms with E-state index in [0.29, 0.717) is 24.2 Å². The van der Waals surface area contributed by atoms with Crippen LogP contribution in [0.1, 0.15) is 4.88 Å². The minimum atomic E-state index is -0.311. The highest BCUT2D eigenvalue weighted by Crippen LogP contribution is 2.37. The van der Waals surface area contributed by atoms with Crippen molar-refractivity contribution in [1.82, 2.24) is 14.3 Å². The van der Waals surface area contributed by atoms with E-state index in [0.717, 1.165) is 25.9 Å². The number of fused-ring (bicyclic) bond motifs is 1. The molecule has 3 aromatic rings. The monoisotopic (exact) mass is 431 g/mol. The minimum absolute atomic E-state index is 0.0141. The smallest absolute Gasteiger partial charge is 0.327 e. The number of nitrogens with one attached hydrogen (secondary N) is 1. The van der Waals surface area contributed by atoms with Gasteiger partial charge in [-0.15, -0.1) is 23.1 Å². The number of carbonyl (C=O) groups is 1. The van der Waals surface area contributed by atoms with E-state index in [2.05, 4.69) is 16.5 Å². The number of carbonyl (C=O) groups excluding carboxylic acids is 1. The molecule has 0 unspecified atom stereocenters. The topological polar surface area (TPSA) is 94.9 Å². The Morgan fingerprint density at radius 3 is 2.97 bits per heavy atom. The van der Waals surface area contributed by atoms with Crippen molar-refractivity contribution in [2.24, 2.45) is 5.73 Å². The highest BCUT2D eigenvalue weighted by Gasteiger charge is 2.16. The van der Waals surface area contributed by atoms with E-state index in [1.165, 1.54) is 27.3 Å². The van der Waals surface area contributed by atoms with Crippen LogP contribution in [0.2, 0.25) is 0 Å². The number of anilines is 1. The van der Waals surface area contributed by atoms with Gasteiger partial charge in [0.15, 0.2) is 0 Å². The molecule has 0 saturated carbocycles. The molecule has 0 bridgehead atoms. The summed E-state index contributed by atoms with van der Waals surface area (Å²) in [4.78, 5) is 27.1. The summed E-state index contributed by atoms with van der Waals surface area (Å²) in [5.41, 5.74) is 7.33. The SMILES string of the molecule is NC/C(=C\F)Cn1ncn(Cc2ccc(-c3ccc4c(c3)SCC(=O)N4)s2)c1=O. The Labute approximate surface area is 174 Å². The fourth-order valence-corrected chi connectivity index (χ4v) is 4.79. The maximum Gasteiger partial charge on any atom is 0.346 e. The predicted octanol–water partition coefficient (Wildman–Crippen LogP) is 2.68. The molecule has 0 radical (unpaired) electrons. The lowest BCUT2D eigenvalue weighted by Gasteiger charge is -2.16. The normalized spacial score (nSPS) is 14.0. The van der Waals surface area contributed by atoms with Gasteiger partial charge >= 0.3 is 5.69 Å². The average Bonchev–Trinajstić information content (AvgIpc) is 3.33. The number of thioether (sulfide) groups is 1. The Morgan fingerprint density at radius 2 is 2.17 bits per heavy atom. The van der Waals surface area contributed by atoms with Crippen LogP contribution >= 0.6 is 23.1 Å². The molecule has 4 rings (SSSR count). The Hall–Kier alpha value is -2.69. The molecule has 2 aromatic heterocycles. The maximum atomic E-state index is 12.7. The molecule has 1 aromatic carbocycles. The molecular formula is C19H18FN5O2S2. The molecule has 0 saturated heterocycles. The number of thiophene rings is 1. The molecule has 1 amide bonds. The number of amides is 1. The molecule has 29 heavy (non-hydrogen) atoms. The number of aromatic nitrogens is 3. The summed E-state index contributed by atoms with van der Waals surface area (Å²) >= 11 is 3.11. The molecule has 0 atom stereocenters. The van der Waals surface area contributed by atoms with Gasteiger partial charge in [0.1, 0.15) is 6.33 Å². The molecule has 1 aliphatic rings. The molecular weight excluding hydrogens is 413 g/mol. The third kappa shape index (κ3) is 4.19. The van der Waals surface area contributed by atoms with Gasteiger partial charge < -0.3 is 11.1 Å². The molecule has 10 heteroatoms. The van der Waals surface area contributed by atoms with Crippen LogP contribution in [0.15, 0.2) is 58.3 Å². The van der Waals surface area contributed by atoms with Crippen LogP contribution in [-0.2, 0) is 17.9 Å². The number of halogens is 1. The Bertz CT molecular complexity index is 1150. The van der Waals surface area contributed by atoms with Crippen molar-refractivity contribution in [3.63, 3.8) is 0 Å². The van der Waals surface area contributed by atoms with Crippen molar-refractivity contribution in [3.05, 3.63) is 63.9 Å². The van der Waals surface area contributed by atoms with E-state index in [1.807, 2.05) is 24.3 Å².